The van der Waals surface area contributed by atoms with Gasteiger partial charge in [0.1, 0.15) is 6.17 Å². The number of nitrogens with zero attached hydrogens (tertiary/aromatic N) is 3. The smallest absolute Gasteiger partial charge is 0.295 e. The number of rotatable bonds is 4. The summed E-state index contributed by atoms with van der Waals surface area (Å²) in [4.78, 5) is 31.7. The molecular weight excluding hydrogens is 501 g/mol. The number of hydrogen-bond acceptors (Lipinski definition) is 5. The van der Waals surface area contributed by atoms with Crippen LogP contribution in [-0.2, 0) is 4.79 Å². The molecule has 33 heavy (non-hydrogen) atoms. The van der Waals surface area contributed by atoms with Gasteiger partial charge in [0.25, 0.3) is 11.1 Å². The molecule has 2 heterocycles. The zero-order chi connectivity index (χ0) is 23.8. The molecular formula is C24H24Cl3N3O2S. The first kappa shape index (κ1) is 24.4. The Hall–Kier alpha value is -1.70. The first-order valence-corrected chi connectivity index (χ1v) is 12.5. The Labute approximate surface area is 213 Å². The first-order valence-electron chi connectivity index (χ1n) is 10.6. The molecule has 2 amide bonds. The van der Waals surface area contributed by atoms with Crippen LogP contribution < -0.4 is 4.90 Å². The van der Waals surface area contributed by atoms with Crippen molar-refractivity contribution in [3.05, 3.63) is 70.1 Å². The van der Waals surface area contributed by atoms with Crippen LogP contribution in [0.25, 0.3) is 6.08 Å². The Morgan fingerprint density at radius 1 is 0.879 bits per heavy atom. The van der Waals surface area contributed by atoms with Gasteiger partial charge in [0.2, 0.25) is 3.79 Å². The Bertz CT molecular complexity index is 1060. The second-order valence-corrected chi connectivity index (χ2v) is 11.6. The summed E-state index contributed by atoms with van der Waals surface area (Å²) in [6.45, 7) is 6.51. The van der Waals surface area contributed by atoms with Crippen LogP contribution in [0.4, 0.5) is 10.5 Å². The SMILES string of the molecule is Cc1ccc(/C=C2/SC(=O)N([C@@H](N3CCN(c4ccc(C)cc4)CC3)C(Cl)(Cl)Cl)C2=O)cc1. The maximum absolute atomic E-state index is 13.2. The van der Waals surface area contributed by atoms with Crippen LogP contribution >= 0.6 is 46.6 Å². The monoisotopic (exact) mass is 523 g/mol. The molecule has 2 fully saturated rings. The van der Waals surface area contributed by atoms with Crippen molar-refractivity contribution in [2.24, 2.45) is 0 Å². The number of benzene rings is 2. The lowest BCUT2D eigenvalue weighted by Crippen LogP contribution is -2.61. The lowest BCUT2D eigenvalue weighted by Gasteiger charge is -2.44. The van der Waals surface area contributed by atoms with Crippen molar-refractivity contribution in [3.63, 3.8) is 0 Å². The zero-order valence-electron chi connectivity index (χ0n) is 18.3. The van der Waals surface area contributed by atoms with Crippen LogP contribution in [0.5, 0.6) is 0 Å². The number of alkyl halides is 3. The summed E-state index contributed by atoms with van der Waals surface area (Å²) >= 11 is 19.9. The van der Waals surface area contributed by atoms with Crippen LogP contribution in [0.3, 0.4) is 0 Å². The third-order valence-corrected chi connectivity index (χ3v) is 7.26. The van der Waals surface area contributed by atoms with E-state index in [0.29, 0.717) is 31.1 Å². The topological polar surface area (TPSA) is 43.9 Å². The fourth-order valence-electron chi connectivity index (χ4n) is 4.00. The Morgan fingerprint density at radius 2 is 1.42 bits per heavy atom. The quantitative estimate of drug-likeness (QED) is 0.370. The van der Waals surface area contributed by atoms with Gasteiger partial charge in [-0.05, 0) is 49.4 Å². The molecule has 0 spiro atoms. The molecule has 5 nitrogen and oxygen atoms in total. The molecule has 0 saturated carbocycles. The summed E-state index contributed by atoms with van der Waals surface area (Å²) < 4.78 is -1.85. The van der Waals surface area contributed by atoms with E-state index in [0.717, 1.165) is 33.5 Å². The second-order valence-electron chi connectivity index (χ2n) is 8.24. The zero-order valence-corrected chi connectivity index (χ0v) is 21.4. The lowest BCUT2D eigenvalue weighted by molar-refractivity contribution is -0.127. The molecule has 0 N–H and O–H groups in total. The number of anilines is 1. The second kappa shape index (κ2) is 9.88. The molecule has 0 aliphatic carbocycles. The van der Waals surface area contributed by atoms with Gasteiger partial charge < -0.3 is 4.90 Å². The van der Waals surface area contributed by atoms with Crippen molar-refractivity contribution >= 4 is 69.5 Å². The minimum Gasteiger partial charge on any atom is -0.369 e. The van der Waals surface area contributed by atoms with Crippen LogP contribution in [0.2, 0.25) is 0 Å². The first-order chi connectivity index (χ1) is 15.6. The molecule has 9 heteroatoms. The minimum atomic E-state index is -1.85. The standard InChI is InChI=1S/C24H24Cl3N3O2S/c1-16-3-7-18(8-4-16)15-20-21(31)30(23(32)33-20)22(24(25,26)27)29-13-11-28(12-14-29)19-9-5-17(2)6-10-19/h3-10,15,22H,11-14H2,1-2H3/b20-15+/t22-/m1/s1. The highest BCUT2D eigenvalue weighted by Crippen LogP contribution is 2.42. The highest BCUT2D eigenvalue weighted by atomic mass is 35.6. The minimum absolute atomic E-state index is 0.321. The van der Waals surface area contributed by atoms with Crippen LogP contribution in [-0.4, -0.2) is 57.1 Å². The fraction of sp³-hybridized carbons (Fsp3) is 0.333. The highest BCUT2D eigenvalue weighted by Gasteiger charge is 2.51. The van der Waals surface area contributed by atoms with Gasteiger partial charge in [0.15, 0.2) is 0 Å². The van der Waals surface area contributed by atoms with Crippen molar-refractivity contribution < 1.29 is 9.59 Å². The lowest BCUT2D eigenvalue weighted by atomic mass is 10.1. The number of amides is 2. The Kier molecular flexibility index (Phi) is 7.32. The van der Waals surface area contributed by atoms with Crippen molar-refractivity contribution in [3.8, 4) is 0 Å². The number of hydrogen-bond donors (Lipinski definition) is 0. The van der Waals surface area contributed by atoms with E-state index >= 15 is 0 Å². The summed E-state index contributed by atoms with van der Waals surface area (Å²) in [5.41, 5.74) is 4.27. The van der Waals surface area contributed by atoms with Crippen LogP contribution in [0.15, 0.2) is 53.4 Å². The summed E-state index contributed by atoms with van der Waals surface area (Å²) in [6.07, 6.45) is 0.717. The Balaban J connectivity index is 1.53. The molecule has 2 aliphatic heterocycles. The van der Waals surface area contributed by atoms with Gasteiger partial charge >= 0.3 is 0 Å². The predicted molar refractivity (Wildman–Crippen MR) is 138 cm³/mol. The van der Waals surface area contributed by atoms with Gasteiger partial charge in [-0.15, -0.1) is 0 Å². The molecule has 2 aromatic carbocycles. The van der Waals surface area contributed by atoms with Gasteiger partial charge in [-0.3, -0.25) is 14.5 Å². The van der Waals surface area contributed by atoms with Crippen LogP contribution in [0.1, 0.15) is 16.7 Å². The third-order valence-electron chi connectivity index (χ3n) is 5.80. The average Bonchev–Trinajstić information content (AvgIpc) is 3.03. The number of piperazine rings is 1. The molecule has 1 atom stereocenters. The molecule has 0 bridgehead atoms. The summed E-state index contributed by atoms with van der Waals surface area (Å²) in [5, 5.41) is -0.435. The van der Waals surface area contributed by atoms with E-state index in [4.69, 9.17) is 34.8 Å². The van der Waals surface area contributed by atoms with E-state index < -0.39 is 21.1 Å². The summed E-state index contributed by atoms with van der Waals surface area (Å²) in [6, 6.07) is 16.0. The molecule has 2 aliphatic rings. The molecule has 0 unspecified atom stereocenters. The third kappa shape index (κ3) is 5.52. The normalized spacial score (nSPS) is 20.1. The van der Waals surface area contributed by atoms with Gasteiger partial charge in [0, 0.05) is 31.9 Å². The summed E-state index contributed by atoms with van der Waals surface area (Å²) in [7, 11) is 0. The van der Waals surface area contributed by atoms with E-state index in [9.17, 15) is 9.59 Å². The van der Waals surface area contributed by atoms with E-state index in [1.807, 2.05) is 36.1 Å². The van der Waals surface area contributed by atoms with E-state index in [1.165, 1.54) is 5.56 Å². The van der Waals surface area contributed by atoms with Gasteiger partial charge in [-0.1, -0.05) is 82.3 Å². The van der Waals surface area contributed by atoms with Gasteiger partial charge in [0.05, 0.1) is 4.91 Å². The molecule has 0 aromatic heterocycles. The van der Waals surface area contributed by atoms with Crippen molar-refractivity contribution in [1.82, 2.24) is 9.80 Å². The van der Waals surface area contributed by atoms with Crippen molar-refractivity contribution in [2.75, 3.05) is 31.1 Å². The number of carbonyl (C=O) groups excluding carboxylic acids is 2. The number of halogens is 3. The highest BCUT2D eigenvalue weighted by molar-refractivity contribution is 8.18. The van der Waals surface area contributed by atoms with Crippen molar-refractivity contribution in [1.29, 1.82) is 0 Å². The summed E-state index contributed by atoms with van der Waals surface area (Å²) in [5.74, 6) is -0.442. The molecule has 0 radical (unpaired) electrons. The fourth-order valence-corrected chi connectivity index (χ4v) is 5.56. The molecule has 174 valence electrons. The predicted octanol–water partition coefficient (Wildman–Crippen LogP) is 5.86. The van der Waals surface area contributed by atoms with Gasteiger partial charge in [-0.25, -0.2) is 4.90 Å². The van der Waals surface area contributed by atoms with E-state index in [-0.39, 0.29) is 0 Å². The van der Waals surface area contributed by atoms with Crippen molar-refractivity contribution in [2.45, 2.75) is 23.8 Å². The number of thioether (sulfide) groups is 1. The Morgan fingerprint density at radius 3 is 1.97 bits per heavy atom. The van der Waals surface area contributed by atoms with E-state index in [2.05, 4.69) is 36.1 Å². The maximum atomic E-state index is 13.2. The molecule has 2 aromatic rings. The maximum Gasteiger partial charge on any atom is 0.295 e. The number of imide groups is 1. The molecule has 4 rings (SSSR count). The largest absolute Gasteiger partial charge is 0.369 e. The number of aryl methyl sites for hydroxylation is 2. The van der Waals surface area contributed by atoms with Crippen LogP contribution in [0, 0.1) is 13.8 Å². The van der Waals surface area contributed by atoms with E-state index in [1.54, 1.807) is 6.08 Å². The molecule has 2 saturated heterocycles. The van der Waals surface area contributed by atoms with Gasteiger partial charge in [-0.2, -0.15) is 0 Å². The number of carbonyl (C=O) groups is 2. The average molecular weight is 525 g/mol.